The number of rotatable bonds is 5. The highest BCUT2D eigenvalue weighted by molar-refractivity contribution is 7.98. The Labute approximate surface area is 83.5 Å². The van der Waals surface area contributed by atoms with Crippen LogP contribution in [0.2, 0.25) is 0 Å². The number of nitrogens with zero attached hydrogens (tertiary/aromatic N) is 1. The Balaban J connectivity index is 2.24. The van der Waals surface area contributed by atoms with Crippen molar-refractivity contribution in [2.24, 2.45) is 5.73 Å². The fourth-order valence-corrected chi connectivity index (χ4v) is 2.10. The molecule has 1 aromatic heterocycles. The minimum Gasteiger partial charge on any atom is -0.348 e. The van der Waals surface area contributed by atoms with Crippen molar-refractivity contribution in [3.8, 4) is 0 Å². The molecule has 13 heavy (non-hydrogen) atoms. The van der Waals surface area contributed by atoms with Crippen molar-refractivity contribution in [2.45, 2.75) is 32.1 Å². The molecule has 0 amide bonds. The van der Waals surface area contributed by atoms with Gasteiger partial charge >= 0.3 is 0 Å². The van der Waals surface area contributed by atoms with E-state index < -0.39 is 0 Å². The molecule has 1 rings (SSSR count). The summed E-state index contributed by atoms with van der Waals surface area (Å²) in [6.07, 6.45) is 2.79. The van der Waals surface area contributed by atoms with Gasteiger partial charge in [-0.3, -0.25) is 0 Å². The normalized spacial score (nSPS) is 13.2. The van der Waals surface area contributed by atoms with Gasteiger partial charge in [0.15, 0.2) is 0 Å². The summed E-state index contributed by atoms with van der Waals surface area (Å²) in [5.41, 5.74) is 8.11. The third-order valence-electron chi connectivity index (χ3n) is 2.03. The van der Waals surface area contributed by atoms with E-state index in [0.717, 1.165) is 29.3 Å². The molecule has 3 nitrogen and oxygen atoms in total. The molecule has 74 valence electrons. The molecule has 3 N–H and O–H groups in total. The van der Waals surface area contributed by atoms with Gasteiger partial charge in [0.1, 0.15) is 0 Å². The van der Waals surface area contributed by atoms with E-state index in [0.29, 0.717) is 6.04 Å². The molecular formula is C9H17N3S. The van der Waals surface area contributed by atoms with Gasteiger partial charge in [-0.05, 0) is 13.3 Å². The van der Waals surface area contributed by atoms with Crippen molar-refractivity contribution in [2.75, 3.05) is 5.75 Å². The second-order valence-electron chi connectivity index (χ2n) is 3.16. The van der Waals surface area contributed by atoms with Crippen LogP contribution in [0, 0.1) is 6.92 Å². The number of aryl methyl sites for hydroxylation is 1. The van der Waals surface area contributed by atoms with Crippen molar-refractivity contribution < 1.29 is 0 Å². The van der Waals surface area contributed by atoms with E-state index in [4.69, 9.17) is 5.73 Å². The van der Waals surface area contributed by atoms with Gasteiger partial charge in [0, 0.05) is 23.2 Å². The predicted molar refractivity (Wildman–Crippen MR) is 57.8 cm³/mol. The molecule has 1 heterocycles. The monoisotopic (exact) mass is 199 g/mol. The smallest absolute Gasteiger partial charge is 0.0925 e. The van der Waals surface area contributed by atoms with Crippen LogP contribution in [0.4, 0.5) is 0 Å². The van der Waals surface area contributed by atoms with E-state index in [1.165, 1.54) is 0 Å². The molecule has 0 aliphatic heterocycles. The maximum Gasteiger partial charge on any atom is 0.0925 e. The van der Waals surface area contributed by atoms with E-state index in [1.807, 2.05) is 18.7 Å². The van der Waals surface area contributed by atoms with E-state index in [9.17, 15) is 0 Å². The lowest BCUT2D eigenvalue weighted by Crippen LogP contribution is -2.21. The third kappa shape index (κ3) is 3.40. The number of aromatic amines is 1. The first-order chi connectivity index (χ1) is 6.24. The van der Waals surface area contributed by atoms with Gasteiger partial charge in [-0.15, -0.1) is 0 Å². The molecule has 0 radical (unpaired) electrons. The number of hydrogen-bond donors (Lipinski definition) is 2. The zero-order chi connectivity index (χ0) is 9.68. The lowest BCUT2D eigenvalue weighted by atomic mass is 10.3. The Kier molecular flexibility index (Phi) is 4.32. The molecular weight excluding hydrogens is 182 g/mol. The molecule has 0 saturated heterocycles. The van der Waals surface area contributed by atoms with E-state index in [1.54, 1.807) is 6.33 Å². The van der Waals surface area contributed by atoms with Crippen molar-refractivity contribution in [3.05, 3.63) is 17.7 Å². The van der Waals surface area contributed by atoms with Crippen molar-refractivity contribution in [1.29, 1.82) is 0 Å². The Morgan fingerprint density at radius 3 is 3.00 bits per heavy atom. The molecule has 1 atom stereocenters. The maximum absolute atomic E-state index is 5.80. The predicted octanol–water partition coefficient (Wildman–Crippen LogP) is 1.69. The first-order valence-corrected chi connectivity index (χ1v) is 5.71. The summed E-state index contributed by atoms with van der Waals surface area (Å²) < 4.78 is 0. The molecule has 0 bridgehead atoms. The molecule has 0 aromatic carbocycles. The summed E-state index contributed by atoms with van der Waals surface area (Å²) in [5, 5.41) is 0. The highest BCUT2D eigenvalue weighted by atomic mass is 32.2. The van der Waals surface area contributed by atoms with Gasteiger partial charge in [-0.1, -0.05) is 6.92 Å². The number of hydrogen-bond acceptors (Lipinski definition) is 3. The minimum atomic E-state index is 0.323. The van der Waals surface area contributed by atoms with Gasteiger partial charge < -0.3 is 10.7 Å². The highest BCUT2D eigenvalue weighted by Gasteiger charge is 2.03. The van der Waals surface area contributed by atoms with Crippen LogP contribution in [0.15, 0.2) is 6.33 Å². The standard InChI is InChI=1S/C9H17N3S/c1-3-8(10)4-13-5-9-7(2)11-6-12-9/h6,8H,3-5,10H2,1-2H3,(H,11,12)/t8-/m1/s1. The topological polar surface area (TPSA) is 54.7 Å². The largest absolute Gasteiger partial charge is 0.348 e. The zero-order valence-corrected chi connectivity index (χ0v) is 9.03. The van der Waals surface area contributed by atoms with Gasteiger partial charge in [-0.25, -0.2) is 4.98 Å². The van der Waals surface area contributed by atoms with Crippen LogP contribution in [-0.2, 0) is 5.75 Å². The summed E-state index contributed by atoms with van der Waals surface area (Å²) >= 11 is 1.85. The third-order valence-corrected chi connectivity index (χ3v) is 3.17. The highest BCUT2D eigenvalue weighted by Crippen LogP contribution is 2.13. The first-order valence-electron chi connectivity index (χ1n) is 4.56. The van der Waals surface area contributed by atoms with Crippen LogP contribution in [0.3, 0.4) is 0 Å². The van der Waals surface area contributed by atoms with Gasteiger partial charge in [-0.2, -0.15) is 11.8 Å². The number of aromatic nitrogens is 2. The van der Waals surface area contributed by atoms with E-state index in [2.05, 4.69) is 16.9 Å². The summed E-state index contributed by atoms with van der Waals surface area (Å²) in [6.45, 7) is 4.16. The summed E-state index contributed by atoms with van der Waals surface area (Å²) in [7, 11) is 0. The Bertz CT molecular complexity index is 247. The fraction of sp³-hybridized carbons (Fsp3) is 0.667. The second-order valence-corrected chi connectivity index (χ2v) is 4.19. The van der Waals surface area contributed by atoms with Gasteiger partial charge in [0.05, 0.1) is 12.0 Å². The molecule has 1 aromatic rings. The number of nitrogens with one attached hydrogen (secondary N) is 1. The minimum absolute atomic E-state index is 0.323. The number of H-pyrrole nitrogens is 1. The molecule has 4 heteroatoms. The summed E-state index contributed by atoms with van der Waals surface area (Å²) in [5.74, 6) is 1.98. The summed E-state index contributed by atoms with van der Waals surface area (Å²) in [6, 6.07) is 0.323. The lowest BCUT2D eigenvalue weighted by Gasteiger charge is -2.06. The van der Waals surface area contributed by atoms with Crippen LogP contribution in [-0.4, -0.2) is 21.8 Å². The quantitative estimate of drug-likeness (QED) is 0.758. The SMILES string of the molecule is CC[C@@H](N)CSCc1nc[nH]c1C. The van der Waals surface area contributed by atoms with Gasteiger partial charge in [0.2, 0.25) is 0 Å². The van der Waals surface area contributed by atoms with Crippen LogP contribution < -0.4 is 5.73 Å². The molecule has 0 spiro atoms. The second kappa shape index (κ2) is 5.29. The van der Waals surface area contributed by atoms with Crippen molar-refractivity contribution in [3.63, 3.8) is 0 Å². The van der Waals surface area contributed by atoms with Crippen LogP contribution >= 0.6 is 11.8 Å². The fourth-order valence-electron chi connectivity index (χ4n) is 0.957. The first kappa shape index (κ1) is 10.6. The Morgan fingerprint density at radius 1 is 1.69 bits per heavy atom. The molecule has 0 aliphatic carbocycles. The average molecular weight is 199 g/mol. The number of imidazole rings is 1. The van der Waals surface area contributed by atoms with Crippen LogP contribution in [0.25, 0.3) is 0 Å². The number of nitrogens with two attached hydrogens (primary N) is 1. The average Bonchev–Trinajstić information content (AvgIpc) is 2.52. The molecule has 0 saturated carbocycles. The molecule has 0 fully saturated rings. The summed E-state index contributed by atoms with van der Waals surface area (Å²) in [4.78, 5) is 7.29. The van der Waals surface area contributed by atoms with E-state index >= 15 is 0 Å². The van der Waals surface area contributed by atoms with Gasteiger partial charge in [0.25, 0.3) is 0 Å². The lowest BCUT2D eigenvalue weighted by molar-refractivity contribution is 0.724. The van der Waals surface area contributed by atoms with Crippen LogP contribution in [0.5, 0.6) is 0 Å². The van der Waals surface area contributed by atoms with E-state index in [-0.39, 0.29) is 0 Å². The van der Waals surface area contributed by atoms with Crippen molar-refractivity contribution in [1.82, 2.24) is 9.97 Å². The maximum atomic E-state index is 5.80. The molecule has 0 aliphatic rings. The zero-order valence-electron chi connectivity index (χ0n) is 8.21. The Hall–Kier alpha value is -0.480. The van der Waals surface area contributed by atoms with Crippen molar-refractivity contribution >= 4 is 11.8 Å². The molecule has 0 unspecified atom stereocenters. The van der Waals surface area contributed by atoms with Crippen LogP contribution in [0.1, 0.15) is 24.7 Å². The Morgan fingerprint density at radius 2 is 2.46 bits per heavy atom. The number of thioether (sulfide) groups is 1.